The number of nitrogen functional groups attached to an aromatic ring is 2. The standard InChI is InChI=1S/C26H28N2O2/c1-25(2)18-26(29-23-14-8-6-12-21(23)27,30-24-15-9-7-13-22(24)28)17-16-20(25)19-10-4-3-5-11-19/h3-17,20H,18,27-28H2,1-2H3. The fraction of sp³-hybridized carbons (Fsp3) is 0.231. The van der Waals surface area contributed by atoms with Gasteiger partial charge in [0.1, 0.15) is 11.5 Å². The third kappa shape index (κ3) is 3.99. The number of anilines is 2. The van der Waals surface area contributed by atoms with Crippen molar-refractivity contribution in [3.8, 4) is 11.5 Å². The van der Waals surface area contributed by atoms with Gasteiger partial charge in [0.15, 0.2) is 0 Å². The Morgan fingerprint density at radius 1 is 0.733 bits per heavy atom. The molecule has 0 heterocycles. The highest BCUT2D eigenvalue weighted by Crippen LogP contribution is 2.49. The van der Waals surface area contributed by atoms with Crippen molar-refractivity contribution in [3.05, 3.63) is 96.6 Å². The molecule has 1 atom stereocenters. The average molecular weight is 401 g/mol. The van der Waals surface area contributed by atoms with Crippen LogP contribution in [-0.4, -0.2) is 5.79 Å². The molecular formula is C26H28N2O2. The number of ether oxygens (including phenoxy) is 2. The Morgan fingerprint density at radius 3 is 1.73 bits per heavy atom. The van der Waals surface area contributed by atoms with Crippen LogP contribution in [0.25, 0.3) is 0 Å². The summed E-state index contributed by atoms with van der Waals surface area (Å²) < 4.78 is 12.9. The van der Waals surface area contributed by atoms with Crippen molar-refractivity contribution >= 4 is 11.4 Å². The topological polar surface area (TPSA) is 70.5 Å². The summed E-state index contributed by atoms with van der Waals surface area (Å²) in [6.07, 6.45) is 4.81. The third-order valence-electron chi connectivity index (χ3n) is 5.65. The number of hydrogen-bond donors (Lipinski definition) is 2. The second-order valence-corrected chi connectivity index (χ2v) is 8.50. The molecule has 3 aromatic rings. The Bertz CT molecular complexity index is 996. The van der Waals surface area contributed by atoms with Crippen LogP contribution in [0.5, 0.6) is 11.5 Å². The van der Waals surface area contributed by atoms with Gasteiger partial charge >= 0.3 is 0 Å². The normalized spacial score (nSPS) is 19.2. The quantitative estimate of drug-likeness (QED) is 0.324. The van der Waals surface area contributed by atoms with Crippen LogP contribution in [0.4, 0.5) is 11.4 Å². The third-order valence-corrected chi connectivity index (χ3v) is 5.65. The number of para-hydroxylation sites is 4. The molecule has 0 bridgehead atoms. The lowest BCUT2D eigenvalue weighted by Crippen LogP contribution is -2.48. The van der Waals surface area contributed by atoms with Gasteiger partial charge in [0, 0.05) is 12.3 Å². The number of allylic oxidation sites excluding steroid dienone is 1. The van der Waals surface area contributed by atoms with Gasteiger partial charge in [0.2, 0.25) is 0 Å². The van der Waals surface area contributed by atoms with E-state index in [0.717, 1.165) is 0 Å². The first kappa shape index (κ1) is 19.9. The summed E-state index contributed by atoms with van der Waals surface area (Å²) in [5.41, 5.74) is 14.6. The maximum atomic E-state index is 6.46. The van der Waals surface area contributed by atoms with Crippen molar-refractivity contribution in [2.75, 3.05) is 11.5 Å². The minimum atomic E-state index is -1.03. The molecule has 0 saturated carbocycles. The summed E-state index contributed by atoms with van der Waals surface area (Å²) in [7, 11) is 0. The molecule has 0 saturated heterocycles. The van der Waals surface area contributed by atoms with Gasteiger partial charge in [-0.2, -0.15) is 0 Å². The summed E-state index contributed by atoms with van der Waals surface area (Å²) in [5, 5.41) is 0. The van der Waals surface area contributed by atoms with Crippen LogP contribution in [0.15, 0.2) is 91.0 Å². The second kappa shape index (κ2) is 7.79. The molecule has 1 aliphatic rings. The maximum Gasteiger partial charge on any atom is 0.271 e. The van der Waals surface area contributed by atoms with Crippen molar-refractivity contribution < 1.29 is 9.47 Å². The monoisotopic (exact) mass is 400 g/mol. The first-order chi connectivity index (χ1) is 14.4. The Morgan fingerprint density at radius 2 is 1.23 bits per heavy atom. The Balaban J connectivity index is 1.76. The van der Waals surface area contributed by atoms with Gasteiger partial charge in [0.25, 0.3) is 5.79 Å². The molecule has 0 spiro atoms. The first-order valence-corrected chi connectivity index (χ1v) is 10.2. The molecule has 154 valence electrons. The van der Waals surface area contributed by atoms with E-state index in [2.05, 4.69) is 44.2 Å². The van der Waals surface area contributed by atoms with Crippen LogP contribution in [-0.2, 0) is 0 Å². The van der Waals surface area contributed by atoms with Gasteiger partial charge in [-0.25, -0.2) is 0 Å². The van der Waals surface area contributed by atoms with Crippen molar-refractivity contribution in [2.45, 2.75) is 32.0 Å². The lowest BCUT2D eigenvalue weighted by atomic mass is 9.67. The van der Waals surface area contributed by atoms with Crippen LogP contribution < -0.4 is 20.9 Å². The molecule has 1 aliphatic carbocycles. The zero-order valence-corrected chi connectivity index (χ0v) is 17.4. The zero-order valence-electron chi connectivity index (χ0n) is 17.4. The Hall–Kier alpha value is -3.40. The maximum absolute atomic E-state index is 6.46. The summed E-state index contributed by atoms with van der Waals surface area (Å²) in [4.78, 5) is 0. The van der Waals surface area contributed by atoms with Crippen molar-refractivity contribution in [2.24, 2.45) is 5.41 Å². The van der Waals surface area contributed by atoms with E-state index in [1.807, 2.05) is 60.7 Å². The van der Waals surface area contributed by atoms with Crippen LogP contribution in [0.1, 0.15) is 31.7 Å². The van der Waals surface area contributed by atoms with Gasteiger partial charge in [-0.15, -0.1) is 0 Å². The smallest absolute Gasteiger partial charge is 0.271 e. The zero-order chi connectivity index (χ0) is 21.2. The van der Waals surface area contributed by atoms with Gasteiger partial charge in [0.05, 0.1) is 11.4 Å². The molecule has 0 fully saturated rings. The van der Waals surface area contributed by atoms with Crippen molar-refractivity contribution in [1.82, 2.24) is 0 Å². The molecule has 3 aromatic carbocycles. The van der Waals surface area contributed by atoms with Crippen LogP contribution in [0.3, 0.4) is 0 Å². The average Bonchev–Trinajstić information content (AvgIpc) is 2.72. The lowest BCUT2D eigenvalue weighted by Gasteiger charge is -2.45. The summed E-state index contributed by atoms with van der Waals surface area (Å²) in [5.74, 6) is 0.385. The SMILES string of the molecule is CC1(C)CC(Oc2ccccc2N)(Oc2ccccc2N)C=CC1c1ccccc1. The molecule has 0 aromatic heterocycles. The Kier molecular flexibility index (Phi) is 5.17. The van der Waals surface area contributed by atoms with Crippen LogP contribution >= 0.6 is 0 Å². The molecule has 4 rings (SSSR count). The van der Waals surface area contributed by atoms with E-state index in [4.69, 9.17) is 20.9 Å². The molecular weight excluding hydrogens is 372 g/mol. The summed E-state index contributed by atoms with van der Waals surface area (Å²) >= 11 is 0. The Labute approximate surface area is 178 Å². The number of benzene rings is 3. The predicted octanol–water partition coefficient (Wildman–Crippen LogP) is 5.78. The van der Waals surface area contributed by atoms with E-state index in [1.54, 1.807) is 0 Å². The molecule has 4 N–H and O–H groups in total. The van der Waals surface area contributed by atoms with Crippen LogP contribution in [0, 0.1) is 5.41 Å². The highest BCUT2D eigenvalue weighted by molar-refractivity contribution is 5.54. The lowest BCUT2D eigenvalue weighted by molar-refractivity contribution is -0.106. The summed E-state index contributed by atoms with van der Waals surface area (Å²) in [6.45, 7) is 4.47. The van der Waals surface area contributed by atoms with Gasteiger partial charge in [-0.3, -0.25) is 0 Å². The number of nitrogens with two attached hydrogens (primary N) is 2. The minimum Gasteiger partial charge on any atom is -0.447 e. The van der Waals surface area contributed by atoms with Crippen molar-refractivity contribution in [1.29, 1.82) is 0 Å². The molecule has 1 unspecified atom stereocenters. The largest absolute Gasteiger partial charge is 0.447 e. The van der Waals surface area contributed by atoms with E-state index in [1.165, 1.54) is 5.56 Å². The van der Waals surface area contributed by atoms with E-state index in [9.17, 15) is 0 Å². The second-order valence-electron chi connectivity index (χ2n) is 8.50. The fourth-order valence-electron chi connectivity index (χ4n) is 4.21. The van der Waals surface area contributed by atoms with Gasteiger partial charge in [-0.05, 0) is 41.3 Å². The van der Waals surface area contributed by atoms with E-state index >= 15 is 0 Å². The predicted molar refractivity (Wildman–Crippen MR) is 122 cm³/mol. The van der Waals surface area contributed by atoms with Crippen LogP contribution in [0.2, 0.25) is 0 Å². The van der Waals surface area contributed by atoms with Crippen molar-refractivity contribution in [3.63, 3.8) is 0 Å². The molecule has 4 heteroatoms. The molecule has 0 aliphatic heterocycles. The highest BCUT2D eigenvalue weighted by Gasteiger charge is 2.46. The number of rotatable bonds is 5. The molecule has 0 radical (unpaired) electrons. The molecule has 30 heavy (non-hydrogen) atoms. The first-order valence-electron chi connectivity index (χ1n) is 10.2. The number of hydrogen-bond acceptors (Lipinski definition) is 4. The molecule has 4 nitrogen and oxygen atoms in total. The minimum absolute atomic E-state index is 0.136. The van der Waals surface area contributed by atoms with E-state index < -0.39 is 5.79 Å². The van der Waals surface area contributed by atoms with Gasteiger partial charge < -0.3 is 20.9 Å². The highest BCUT2D eigenvalue weighted by atomic mass is 16.7. The summed E-state index contributed by atoms with van der Waals surface area (Å²) in [6, 6.07) is 25.5. The van der Waals surface area contributed by atoms with E-state index in [-0.39, 0.29) is 11.3 Å². The fourth-order valence-corrected chi connectivity index (χ4v) is 4.21. The van der Waals surface area contributed by atoms with E-state index in [0.29, 0.717) is 29.3 Å². The molecule has 0 amide bonds. The van der Waals surface area contributed by atoms with Gasteiger partial charge in [-0.1, -0.05) is 74.5 Å².